The van der Waals surface area contributed by atoms with Crippen LogP contribution in [-0.4, -0.2) is 39.3 Å². The third-order valence-corrected chi connectivity index (χ3v) is 3.96. The van der Waals surface area contributed by atoms with Gasteiger partial charge in [-0.3, -0.25) is 4.79 Å². The number of amides is 1. The zero-order valence-electron chi connectivity index (χ0n) is 13.9. The number of benzene rings is 2. The van der Waals surface area contributed by atoms with Gasteiger partial charge < -0.3 is 20.1 Å². The third-order valence-electron chi connectivity index (χ3n) is 3.33. The third kappa shape index (κ3) is 5.90. The molecule has 0 aromatic heterocycles. The van der Waals surface area contributed by atoms with Crippen LogP contribution in [-0.2, 0) is 4.74 Å². The maximum atomic E-state index is 12.5. The van der Waals surface area contributed by atoms with Crippen LogP contribution in [0.1, 0.15) is 10.4 Å². The summed E-state index contributed by atoms with van der Waals surface area (Å²) in [5, 5.41) is 6.74. The van der Waals surface area contributed by atoms with Crippen molar-refractivity contribution in [2.45, 2.75) is 0 Å². The number of hydrogen-bond acceptors (Lipinski definition) is 4. The molecule has 2 aromatic carbocycles. The number of carbonyl (C=O) groups excluding carboxylic acids is 1. The van der Waals surface area contributed by atoms with E-state index in [4.69, 9.17) is 32.7 Å². The number of carbonyl (C=O) groups is 1. The van der Waals surface area contributed by atoms with Gasteiger partial charge in [-0.25, -0.2) is 0 Å². The summed E-state index contributed by atoms with van der Waals surface area (Å²) in [6, 6.07) is 12.1. The van der Waals surface area contributed by atoms with E-state index in [0.29, 0.717) is 41.2 Å². The van der Waals surface area contributed by atoms with E-state index in [1.807, 2.05) is 0 Å². The number of nitrogens with one attached hydrogen (secondary N) is 2. The monoisotopic (exact) mass is 382 g/mol. The van der Waals surface area contributed by atoms with Crippen LogP contribution >= 0.6 is 23.2 Å². The Morgan fingerprint density at radius 3 is 2.44 bits per heavy atom. The number of ether oxygens (including phenoxy) is 2. The standard InChI is InChI=1S/C18H20Cl2N2O3/c1-24-12-11-21-9-10-22-18(23)17-14(20)6-4-8-16(17)25-15-7-3-2-5-13(15)19/h2-8,21H,9-12H2,1H3,(H,22,23). The molecule has 0 bridgehead atoms. The van der Waals surface area contributed by atoms with E-state index in [1.165, 1.54) is 0 Å². The van der Waals surface area contributed by atoms with Crippen molar-refractivity contribution in [2.24, 2.45) is 0 Å². The minimum atomic E-state index is -0.304. The predicted octanol–water partition coefficient (Wildman–Crippen LogP) is 3.75. The Kier molecular flexibility index (Phi) is 8.01. The second-order valence-corrected chi connectivity index (χ2v) is 5.96. The Bertz CT molecular complexity index is 710. The maximum Gasteiger partial charge on any atom is 0.256 e. The molecule has 0 unspecified atom stereocenters. The Balaban J connectivity index is 2.04. The minimum Gasteiger partial charge on any atom is -0.455 e. The molecule has 0 aliphatic carbocycles. The summed E-state index contributed by atoms with van der Waals surface area (Å²) in [5.74, 6) is 0.508. The van der Waals surface area contributed by atoms with Crippen LogP contribution in [0, 0.1) is 0 Å². The van der Waals surface area contributed by atoms with E-state index in [1.54, 1.807) is 49.6 Å². The Morgan fingerprint density at radius 1 is 0.960 bits per heavy atom. The van der Waals surface area contributed by atoms with Gasteiger partial charge in [-0.1, -0.05) is 41.4 Å². The lowest BCUT2D eigenvalue weighted by Crippen LogP contribution is -2.33. The molecular weight excluding hydrogens is 363 g/mol. The molecule has 1 amide bonds. The molecule has 5 nitrogen and oxygen atoms in total. The molecular formula is C18H20Cl2N2O3. The number of rotatable bonds is 9. The van der Waals surface area contributed by atoms with E-state index in [0.717, 1.165) is 6.54 Å². The molecule has 2 N–H and O–H groups in total. The van der Waals surface area contributed by atoms with Gasteiger partial charge in [-0.05, 0) is 24.3 Å². The van der Waals surface area contributed by atoms with E-state index in [2.05, 4.69) is 10.6 Å². The SMILES string of the molecule is COCCNCCNC(=O)c1c(Cl)cccc1Oc1ccccc1Cl. The zero-order chi connectivity index (χ0) is 18.1. The van der Waals surface area contributed by atoms with Gasteiger partial charge in [0, 0.05) is 26.7 Å². The first kappa shape index (κ1) is 19.5. The van der Waals surface area contributed by atoms with Crippen LogP contribution in [0.25, 0.3) is 0 Å². The summed E-state index contributed by atoms with van der Waals surface area (Å²) in [6.07, 6.45) is 0. The van der Waals surface area contributed by atoms with Gasteiger partial charge in [0.15, 0.2) is 0 Å². The van der Waals surface area contributed by atoms with Crippen molar-refractivity contribution in [1.82, 2.24) is 10.6 Å². The molecule has 0 aliphatic rings. The molecule has 0 saturated carbocycles. The molecule has 0 spiro atoms. The van der Waals surface area contributed by atoms with Crippen LogP contribution in [0.3, 0.4) is 0 Å². The van der Waals surface area contributed by atoms with Gasteiger partial charge in [0.05, 0.1) is 16.7 Å². The Hall–Kier alpha value is -1.79. The lowest BCUT2D eigenvalue weighted by atomic mass is 10.2. The largest absolute Gasteiger partial charge is 0.455 e. The van der Waals surface area contributed by atoms with Crippen molar-refractivity contribution in [2.75, 3.05) is 33.4 Å². The highest BCUT2D eigenvalue weighted by molar-refractivity contribution is 6.34. The van der Waals surface area contributed by atoms with Crippen LogP contribution in [0.5, 0.6) is 11.5 Å². The van der Waals surface area contributed by atoms with E-state index in [9.17, 15) is 4.79 Å². The smallest absolute Gasteiger partial charge is 0.256 e. The average molecular weight is 383 g/mol. The number of methoxy groups -OCH3 is 1. The van der Waals surface area contributed by atoms with E-state index >= 15 is 0 Å². The Morgan fingerprint density at radius 2 is 1.68 bits per heavy atom. The number of halogens is 2. The van der Waals surface area contributed by atoms with Gasteiger partial charge in [-0.15, -0.1) is 0 Å². The number of para-hydroxylation sites is 1. The fraction of sp³-hybridized carbons (Fsp3) is 0.278. The molecule has 0 fully saturated rings. The lowest BCUT2D eigenvalue weighted by molar-refractivity contribution is 0.0951. The van der Waals surface area contributed by atoms with Gasteiger partial charge in [0.2, 0.25) is 0 Å². The topological polar surface area (TPSA) is 59.6 Å². The van der Waals surface area contributed by atoms with Crippen LogP contribution in [0.15, 0.2) is 42.5 Å². The highest BCUT2D eigenvalue weighted by Crippen LogP contribution is 2.33. The first-order chi connectivity index (χ1) is 12.1. The Labute approximate surface area is 157 Å². The van der Waals surface area contributed by atoms with E-state index in [-0.39, 0.29) is 11.5 Å². The molecule has 2 aromatic rings. The van der Waals surface area contributed by atoms with Crippen molar-refractivity contribution >= 4 is 29.1 Å². The molecule has 134 valence electrons. The normalized spacial score (nSPS) is 10.5. The first-order valence-corrected chi connectivity index (χ1v) is 8.58. The molecule has 7 heteroatoms. The highest BCUT2D eigenvalue weighted by atomic mass is 35.5. The summed E-state index contributed by atoms with van der Waals surface area (Å²) in [4.78, 5) is 12.5. The van der Waals surface area contributed by atoms with Gasteiger partial charge in [0.25, 0.3) is 5.91 Å². The maximum absolute atomic E-state index is 12.5. The van der Waals surface area contributed by atoms with Crippen molar-refractivity contribution in [3.8, 4) is 11.5 Å². The minimum absolute atomic E-state index is 0.279. The summed E-state index contributed by atoms with van der Waals surface area (Å²) in [5.41, 5.74) is 0.279. The van der Waals surface area contributed by atoms with Gasteiger partial charge in [-0.2, -0.15) is 0 Å². The molecule has 0 atom stereocenters. The molecule has 0 heterocycles. The van der Waals surface area contributed by atoms with Crippen LogP contribution in [0.4, 0.5) is 0 Å². The van der Waals surface area contributed by atoms with Crippen LogP contribution < -0.4 is 15.4 Å². The predicted molar refractivity (Wildman–Crippen MR) is 100 cm³/mol. The van der Waals surface area contributed by atoms with Crippen molar-refractivity contribution < 1.29 is 14.3 Å². The quantitative estimate of drug-likeness (QED) is 0.648. The summed E-state index contributed by atoms with van der Waals surface area (Å²) < 4.78 is 10.7. The van der Waals surface area contributed by atoms with Crippen molar-refractivity contribution in [3.63, 3.8) is 0 Å². The second-order valence-electron chi connectivity index (χ2n) is 5.14. The summed E-state index contributed by atoms with van der Waals surface area (Å²) in [7, 11) is 1.64. The number of hydrogen-bond donors (Lipinski definition) is 2. The van der Waals surface area contributed by atoms with Crippen molar-refractivity contribution in [3.05, 3.63) is 58.1 Å². The highest BCUT2D eigenvalue weighted by Gasteiger charge is 2.17. The first-order valence-electron chi connectivity index (χ1n) is 7.82. The van der Waals surface area contributed by atoms with Gasteiger partial charge >= 0.3 is 0 Å². The fourth-order valence-corrected chi connectivity index (χ4v) is 2.53. The molecule has 2 rings (SSSR count). The lowest BCUT2D eigenvalue weighted by Gasteiger charge is -2.14. The van der Waals surface area contributed by atoms with Gasteiger partial charge in [0.1, 0.15) is 17.1 Å². The molecule has 25 heavy (non-hydrogen) atoms. The molecule has 0 aliphatic heterocycles. The second kappa shape index (κ2) is 10.3. The summed E-state index contributed by atoms with van der Waals surface area (Å²) >= 11 is 12.3. The van der Waals surface area contributed by atoms with E-state index < -0.39 is 0 Å². The zero-order valence-corrected chi connectivity index (χ0v) is 15.4. The van der Waals surface area contributed by atoms with Crippen LogP contribution in [0.2, 0.25) is 10.0 Å². The fourth-order valence-electron chi connectivity index (χ4n) is 2.11. The van der Waals surface area contributed by atoms with Crippen molar-refractivity contribution in [1.29, 1.82) is 0 Å². The summed E-state index contributed by atoms with van der Waals surface area (Å²) in [6.45, 7) is 2.42. The molecule has 0 saturated heterocycles. The molecule has 0 radical (unpaired) electrons. The average Bonchev–Trinajstić information content (AvgIpc) is 2.60.